The molecule has 0 aromatic carbocycles. The topological polar surface area (TPSA) is 168 Å². The van der Waals surface area contributed by atoms with Crippen molar-refractivity contribution in [2.45, 2.75) is 51.4 Å². The second-order valence-corrected chi connectivity index (χ2v) is 12.3. The Morgan fingerprint density at radius 3 is 2.23 bits per heavy atom. The van der Waals surface area contributed by atoms with E-state index >= 15 is 0 Å². The van der Waals surface area contributed by atoms with E-state index in [4.69, 9.17) is 11.5 Å². The molecule has 0 aromatic rings. The normalized spacial score (nSPS) is 33.6. The number of alkyl halides is 3. The fraction of sp³-hybridized carbons (Fsp3) is 0.720. The summed E-state index contributed by atoms with van der Waals surface area (Å²) in [6.07, 6.45) is -0.919. The smallest absolute Gasteiger partial charge is 0.369 e. The molecule has 6 N–H and O–H groups in total. The second-order valence-electron chi connectivity index (χ2n) is 12.3. The van der Waals surface area contributed by atoms with Crippen LogP contribution in [0.25, 0.3) is 0 Å². The zero-order chi connectivity index (χ0) is 29.2. The molecule has 0 radical (unpaired) electrons. The van der Waals surface area contributed by atoms with Crippen LogP contribution >= 0.6 is 0 Å². The van der Waals surface area contributed by atoms with Gasteiger partial charge in [-0.05, 0) is 36.0 Å². The number of hydrazine groups is 1. The summed E-state index contributed by atoms with van der Waals surface area (Å²) < 4.78 is 39.7. The van der Waals surface area contributed by atoms with Crippen LogP contribution in [-0.4, -0.2) is 77.3 Å². The summed E-state index contributed by atoms with van der Waals surface area (Å²) in [4.78, 5) is 66.5. The molecule has 4 rings (SSSR count). The summed E-state index contributed by atoms with van der Waals surface area (Å²) in [7, 11) is 1.63. The molecule has 3 fully saturated rings. The molecule has 2 aliphatic carbocycles. The van der Waals surface area contributed by atoms with Crippen molar-refractivity contribution in [3.05, 3.63) is 12.2 Å². The monoisotopic (exact) mass is 556 g/mol. The Hall–Kier alpha value is -3.16. The Balaban J connectivity index is 1.84. The highest BCUT2D eigenvalue weighted by Gasteiger charge is 2.70. The van der Waals surface area contributed by atoms with Gasteiger partial charge in [0.1, 0.15) is 11.6 Å². The summed E-state index contributed by atoms with van der Waals surface area (Å²) in [5, 5.41) is 3.32. The Morgan fingerprint density at radius 1 is 1.13 bits per heavy atom. The van der Waals surface area contributed by atoms with Crippen molar-refractivity contribution >= 4 is 29.5 Å². The fourth-order valence-corrected chi connectivity index (χ4v) is 7.26. The lowest BCUT2D eigenvalue weighted by atomic mass is 9.64. The predicted molar refractivity (Wildman–Crippen MR) is 130 cm³/mol. The largest absolute Gasteiger partial charge is 0.471 e. The van der Waals surface area contributed by atoms with Crippen LogP contribution in [0.1, 0.15) is 33.6 Å². The molecule has 1 saturated carbocycles. The first-order valence-electron chi connectivity index (χ1n) is 12.9. The number of nitrogens with zero attached hydrogens (tertiary/aromatic N) is 2. The molecule has 39 heavy (non-hydrogen) atoms. The van der Waals surface area contributed by atoms with Gasteiger partial charge in [-0.15, -0.1) is 0 Å². The van der Waals surface area contributed by atoms with Gasteiger partial charge < -0.3 is 21.7 Å². The molecule has 11 nitrogen and oxygen atoms in total. The molecule has 2 bridgehead atoms. The number of amides is 5. The third kappa shape index (κ3) is 4.66. The van der Waals surface area contributed by atoms with Crippen molar-refractivity contribution in [3.63, 3.8) is 0 Å². The molecule has 0 aromatic heterocycles. The second kappa shape index (κ2) is 9.49. The lowest BCUT2D eigenvalue weighted by Gasteiger charge is -2.47. The average Bonchev–Trinajstić information content (AvgIpc) is 3.54. The van der Waals surface area contributed by atoms with Crippen LogP contribution in [0.15, 0.2) is 12.2 Å². The summed E-state index contributed by atoms with van der Waals surface area (Å²) in [6.45, 7) is 4.57. The van der Waals surface area contributed by atoms with Gasteiger partial charge in [-0.3, -0.25) is 29.4 Å². The van der Waals surface area contributed by atoms with Crippen molar-refractivity contribution in [2.24, 2.45) is 52.4 Å². The number of carbonyl (C=O) groups is 5. The van der Waals surface area contributed by atoms with Crippen LogP contribution in [0, 0.1) is 40.9 Å². The van der Waals surface area contributed by atoms with Crippen LogP contribution in [0.5, 0.6) is 0 Å². The number of rotatable bonds is 7. The van der Waals surface area contributed by atoms with E-state index in [1.54, 1.807) is 12.4 Å². The van der Waals surface area contributed by atoms with E-state index in [1.165, 1.54) is 25.8 Å². The number of hydrogen-bond acceptors (Lipinski definition) is 6. The zero-order valence-corrected chi connectivity index (χ0v) is 22.2. The van der Waals surface area contributed by atoms with E-state index in [1.807, 2.05) is 12.2 Å². The lowest BCUT2D eigenvalue weighted by Crippen LogP contribution is -2.70. The summed E-state index contributed by atoms with van der Waals surface area (Å²) in [6, 6.07) is -1.70. The third-order valence-corrected chi connectivity index (χ3v) is 8.84. The van der Waals surface area contributed by atoms with Crippen molar-refractivity contribution in [2.75, 3.05) is 20.1 Å². The number of nitrogens with one attached hydrogen (secondary N) is 2. The first-order chi connectivity index (χ1) is 17.9. The minimum absolute atomic E-state index is 0.0381. The van der Waals surface area contributed by atoms with E-state index in [9.17, 15) is 37.1 Å². The quantitative estimate of drug-likeness (QED) is 0.313. The van der Waals surface area contributed by atoms with Crippen molar-refractivity contribution < 1.29 is 37.1 Å². The van der Waals surface area contributed by atoms with Gasteiger partial charge in [0.2, 0.25) is 23.6 Å². The number of nitrogens with two attached hydrogens (primary N) is 2. The van der Waals surface area contributed by atoms with E-state index in [-0.39, 0.29) is 37.3 Å². The maximum atomic E-state index is 14.2. The molecule has 2 saturated heterocycles. The number of halogens is 3. The maximum Gasteiger partial charge on any atom is 0.471 e. The number of allylic oxidation sites excluding steroid dienone is 2. The van der Waals surface area contributed by atoms with Gasteiger partial charge in [-0.2, -0.15) is 13.2 Å². The Bertz CT molecular complexity index is 1120. The van der Waals surface area contributed by atoms with Gasteiger partial charge >= 0.3 is 12.1 Å². The van der Waals surface area contributed by atoms with E-state index in [0.717, 1.165) is 4.90 Å². The zero-order valence-electron chi connectivity index (χ0n) is 22.2. The standard InChI is InChI=1S/C25H35F3N6O5/c1-23(2,3)17(31-22(39)25(26,27)28)20(37)34-10-14-11-5-6-12(7-11)16(14)24(34,21(30)38)15(18(29)35)8-13-9-33(4)32-19(13)36/h5-6,11-17H,7-10H2,1-4H3,(H2,29,35)(H2,30,38)(H,31,39)(H,32,36)/t11?,12?,13?,14?,15-,16?,17-,24?/m1/s1. The van der Waals surface area contributed by atoms with Crippen molar-refractivity contribution in [3.8, 4) is 0 Å². The molecule has 4 aliphatic rings. The fourth-order valence-electron chi connectivity index (χ4n) is 7.26. The van der Waals surface area contributed by atoms with Gasteiger partial charge in [-0.1, -0.05) is 32.9 Å². The van der Waals surface area contributed by atoms with Gasteiger partial charge in [0.05, 0.1) is 11.8 Å². The van der Waals surface area contributed by atoms with Crippen molar-refractivity contribution in [1.82, 2.24) is 20.7 Å². The molecule has 14 heteroatoms. The van der Waals surface area contributed by atoms with Crippen LogP contribution in [-0.2, 0) is 24.0 Å². The Labute approximate surface area is 223 Å². The lowest BCUT2D eigenvalue weighted by molar-refractivity contribution is -0.177. The van der Waals surface area contributed by atoms with Gasteiger partial charge in [0.15, 0.2) is 0 Å². The molecule has 216 valence electrons. The first kappa shape index (κ1) is 28.8. The molecule has 2 aliphatic heterocycles. The van der Waals surface area contributed by atoms with Crippen LogP contribution in [0.4, 0.5) is 13.2 Å². The SMILES string of the molecule is CN1CC(C[C@H](C(N)=O)C2(C(N)=O)C3C4C=CC(C4)C3CN2C(=O)[C@@H](NC(=O)C(F)(F)F)C(C)(C)C)C(=O)N1. The minimum Gasteiger partial charge on any atom is -0.369 e. The number of fused-ring (bicyclic) bond motifs is 5. The average molecular weight is 557 g/mol. The molecular weight excluding hydrogens is 521 g/mol. The van der Waals surface area contributed by atoms with Gasteiger partial charge in [-0.25, -0.2) is 5.01 Å². The summed E-state index contributed by atoms with van der Waals surface area (Å²) in [5.41, 5.74) is 11.3. The summed E-state index contributed by atoms with van der Waals surface area (Å²) in [5.74, 6) is -9.00. The van der Waals surface area contributed by atoms with Gasteiger partial charge in [0, 0.05) is 26.1 Å². The molecule has 8 atom stereocenters. The minimum atomic E-state index is -5.26. The van der Waals surface area contributed by atoms with Gasteiger partial charge in [0.25, 0.3) is 0 Å². The first-order valence-corrected chi connectivity index (χ1v) is 12.9. The molecule has 6 unspecified atom stereocenters. The van der Waals surface area contributed by atoms with E-state index in [2.05, 4.69) is 5.43 Å². The van der Waals surface area contributed by atoms with E-state index < -0.39 is 70.5 Å². The molecular formula is C25H35F3N6O5. The molecule has 0 spiro atoms. The highest BCUT2D eigenvalue weighted by molar-refractivity contribution is 6.00. The Morgan fingerprint density at radius 2 is 1.74 bits per heavy atom. The van der Waals surface area contributed by atoms with Crippen LogP contribution in [0.3, 0.4) is 0 Å². The summed E-state index contributed by atoms with van der Waals surface area (Å²) >= 11 is 0. The molecule has 2 heterocycles. The Kier molecular flexibility index (Phi) is 7.02. The number of carbonyl (C=O) groups excluding carboxylic acids is 5. The van der Waals surface area contributed by atoms with Crippen LogP contribution < -0.4 is 22.2 Å². The molecule has 5 amide bonds. The van der Waals surface area contributed by atoms with Crippen molar-refractivity contribution in [1.29, 1.82) is 0 Å². The number of hydrogen-bond donors (Lipinski definition) is 4. The highest BCUT2D eigenvalue weighted by atomic mass is 19.4. The number of likely N-dealkylation sites (tertiary alicyclic amines) is 1. The maximum absolute atomic E-state index is 14.2. The highest BCUT2D eigenvalue weighted by Crippen LogP contribution is 2.60. The van der Waals surface area contributed by atoms with Crippen LogP contribution in [0.2, 0.25) is 0 Å². The number of primary amides is 2. The van der Waals surface area contributed by atoms with E-state index in [0.29, 0.717) is 6.42 Å². The predicted octanol–water partition coefficient (Wildman–Crippen LogP) is -0.331. The third-order valence-electron chi connectivity index (χ3n) is 8.84.